The number of carbonyl (C=O) groups excluding carboxylic acids is 1. The number of halogens is 1. The van der Waals surface area contributed by atoms with E-state index >= 15 is 0 Å². The Balaban J connectivity index is 1.46. The van der Waals surface area contributed by atoms with Crippen molar-refractivity contribution in [3.8, 4) is 17.2 Å². The van der Waals surface area contributed by atoms with E-state index in [1.165, 1.54) is 28.9 Å². The number of hydrogen-bond donors (Lipinski definition) is 1. The van der Waals surface area contributed by atoms with E-state index in [2.05, 4.69) is 10.4 Å². The largest absolute Gasteiger partial charge is 0.471 e. The summed E-state index contributed by atoms with van der Waals surface area (Å²) in [6.45, 7) is 3.90. The van der Waals surface area contributed by atoms with Crippen LogP contribution in [0.4, 0.5) is 11.4 Å². The van der Waals surface area contributed by atoms with E-state index in [0.717, 1.165) is 11.1 Å². The monoisotopic (exact) mass is 492 g/mol. The minimum atomic E-state index is -0.553. The Morgan fingerprint density at radius 1 is 1.06 bits per heavy atom. The SMILES string of the molecule is Cc1ccc(Oc2cc(NC(=O)c3ccn(COc4ccc(Cl)cc4C)n3)cc([N+](=O)[O-])c2)cc1. The van der Waals surface area contributed by atoms with Crippen molar-refractivity contribution in [2.24, 2.45) is 0 Å². The number of non-ortho nitro benzene ring substituents is 1. The summed E-state index contributed by atoms with van der Waals surface area (Å²) in [6, 6.07) is 18.1. The number of benzene rings is 3. The molecule has 1 aromatic heterocycles. The summed E-state index contributed by atoms with van der Waals surface area (Å²) in [7, 11) is 0. The normalized spacial score (nSPS) is 10.6. The van der Waals surface area contributed by atoms with Crippen LogP contribution in [-0.2, 0) is 6.73 Å². The fourth-order valence-electron chi connectivity index (χ4n) is 3.22. The first-order valence-electron chi connectivity index (χ1n) is 10.5. The van der Waals surface area contributed by atoms with Crippen molar-refractivity contribution in [1.82, 2.24) is 9.78 Å². The van der Waals surface area contributed by atoms with Crippen molar-refractivity contribution in [3.63, 3.8) is 0 Å². The molecule has 1 N–H and O–H groups in total. The van der Waals surface area contributed by atoms with E-state index in [-0.39, 0.29) is 29.5 Å². The number of nitro benzene ring substituents is 1. The molecule has 0 spiro atoms. The van der Waals surface area contributed by atoms with Gasteiger partial charge in [-0.3, -0.25) is 14.9 Å². The molecule has 1 amide bonds. The summed E-state index contributed by atoms with van der Waals surface area (Å²) >= 11 is 5.96. The topological polar surface area (TPSA) is 109 Å². The van der Waals surface area contributed by atoms with Gasteiger partial charge >= 0.3 is 0 Å². The van der Waals surface area contributed by atoms with Crippen LogP contribution in [0.2, 0.25) is 5.02 Å². The quantitative estimate of drug-likeness (QED) is 0.233. The third kappa shape index (κ3) is 6.15. The second-order valence-corrected chi connectivity index (χ2v) is 8.20. The van der Waals surface area contributed by atoms with E-state index in [0.29, 0.717) is 16.5 Å². The van der Waals surface area contributed by atoms with Gasteiger partial charge in [-0.2, -0.15) is 5.10 Å². The lowest BCUT2D eigenvalue weighted by Crippen LogP contribution is -2.14. The van der Waals surface area contributed by atoms with Crippen LogP contribution in [0.15, 0.2) is 72.9 Å². The summed E-state index contributed by atoms with van der Waals surface area (Å²) in [4.78, 5) is 23.6. The Bertz CT molecular complexity index is 1390. The van der Waals surface area contributed by atoms with E-state index < -0.39 is 10.8 Å². The van der Waals surface area contributed by atoms with Gasteiger partial charge in [0.25, 0.3) is 11.6 Å². The molecule has 9 nitrogen and oxygen atoms in total. The second kappa shape index (κ2) is 10.3. The maximum Gasteiger partial charge on any atom is 0.276 e. The van der Waals surface area contributed by atoms with Crippen LogP contribution in [0.1, 0.15) is 21.6 Å². The molecule has 0 aliphatic rings. The van der Waals surface area contributed by atoms with E-state index in [1.54, 1.807) is 36.5 Å². The molecule has 0 fully saturated rings. The number of hydrogen-bond acceptors (Lipinski definition) is 6. The van der Waals surface area contributed by atoms with Gasteiger partial charge in [0.15, 0.2) is 12.4 Å². The number of nitrogens with zero attached hydrogens (tertiary/aromatic N) is 3. The molecule has 3 aromatic carbocycles. The first kappa shape index (κ1) is 23.8. The third-order valence-electron chi connectivity index (χ3n) is 4.98. The molecule has 0 atom stereocenters. The summed E-state index contributed by atoms with van der Waals surface area (Å²) in [5.41, 5.74) is 2.03. The molecule has 0 radical (unpaired) electrons. The number of anilines is 1. The lowest BCUT2D eigenvalue weighted by Gasteiger charge is -2.10. The van der Waals surface area contributed by atoms with E-state index in [4.69, 9.17) is 21.1 Å². The molecule has 0 unspecified atom stereocenters. The Kier molecular flexibility index (Phi) is 6.98. The lowest BCUT2D eigenvalue weighted by atomic mass is 10.2. The average Bonchev–Trinajstić information content (AvgIpc) is 3.29. The van der Waals surface area contributed by atoms with Crippen molar-refractivity contribution in [2.75, 3.05) is 5.32 Å². The molecule has 35 heavy (non-hydrogen) atoms. The molecule has 0 aliphatic heterocycles. The number of amides is 1. The van der Waals surface area contributed by atoms with Crippen molar-refractivity contribution in [3.05, 3.63) is 105 Å². The zero-order chi connectivity index (χ0) is 24.9. The van der Waals surface area contributed by atoms with Crippen LogP contribution in [0.3, 0.4) is 0 Å². The average molecular weight is 493 g/mol. The van der Waals surface area contributed by atoms with Gasteiger partial charge in [0, 0.05) is 23.4 Å². The van der Waals surface area contributed by atoms with Crippen molar-refractivity contribution < 1.29 is 19.2 Å². The van der Waals surface area contributed by atoms with Crippen LogP contribution in [0.25, 0.3) is 0 Å². The maximum absolute atomic E-state index is 12.7. The molecule has 0 saturated heterocycles. The Morgan fingerprint density at radius 2 is 1.83 bits per heavy atom. The summed E-state index contributed by atoms with van der Waals surface area (Å²) in [6.07, 6.45) is 1.60. The highest BCUT2D eigenvalue weighted by atomic mass is 35.5. The zero-order valence-electron chi connectivity index (χ0n) is 18.9. The van der Waals surface area contributed by atoms with Crippen molar-refractivity contribution >= 4 is 28.9 Å². The third-order valence-corrected chi connectivity index (χ3v) is 5.21. The fraction of sp³-hybridized carbons (Fsp3) is 0.120. The molecular formula is C25H21ClN4O5. The molecular weight excluding hydrogens is 472 g/mol. The van der Waals surface area contributed by atoms with E-state index in [1.807, 2.05) is 26.0 Å². The lowest BCUT2D eigenvalue weighted by molar-refractivity contribution is -0.384. The molecule has 0 bridgehead atoms. The highest BCUT2D eigenvalue weighted by Crippen LogP contribution is 2.30. The number of nitrogens with one attached hydrogen (secondary N) is 1. The number of carbonyl (C=O) groups is 1. The highest BCUT2D eigenvalue weighted by molar-refractivity contribution is 6.30. The minimum absolute atomic E-state index is 0.0844. The van der Waals surface area contributed by atoms with Gasteiger partial charge in [-0.05, 0) is 55.8 Å². The molecule has 10 heteroatoms. The fourth-order valence-corrected chi connectivity index (χ4v) is 3.45. The highest BCUT2D eigenvalue weighted by Gasteiger charge is 2.16. The van der Waals surface area contributed by atoms with Gasteiger partial charge in [0.2, 0.25) is 0 Å². The van der Waals surface area contributed by atoms with Crippen LogP contribution in [0, 0.1) is 24.0 Å². The Morgan fingerprint density at radius 3 is 2.54 bits per heavy atom. The molecule has 4 aromatic rings. The molecule has 0 aliphatic carbocycles. The number of ether oxygens (including phenoxy) is 2. The van der Waals surface area contributed by atoms with Crippen molar-refractivity contribution in [1.29, 1.82) is 0 Å². The predicted molar refractivity (Wildman–Crippen MR) is 131 cm³/mol. The summed E-state index contributed by atoms with van der Waals surface area (Å²) in [5.74, 6) is 0.848. The maximum atomic E-state index is 12.7. The number of aryl methyl sites for hydroxylation is 2. The number of rotatable bonds is 8. The Labute approximate surface area is 206 Å². The Hall–Kier alpha value is -4.37. The van der Waals surface area contributed by atoms with Gasteiger partial charge < -0.3 is 14.8 Å². The number of nitro groups is 1. The number of aromatic nitrogens is 2. The summed E-state index contributed by atoms with van der Waals surface area (Å²) in [5, 5.41) is 18.9. The first-order chi connectivity index (χ1) is 16.8. The second-order valence-electron chi connectivity index (χ2n) is 7.77. The smallest absolute Gasteiger partial charge is 0.276 e. The summed E-state index contributed by atoms with van der Waals surface area (Å²) < 4.78 is 12.9. The molecule has 4 rings (SSSR count). The van der Waals surface area contributed by atoms with Gasteiger partial charge in [0.1, 0.15) is 17.2 Å². The standard InChI is InChI=1S/C25H21ClN4O5/c1-16-3-6-21(7-4-16)35-22-13-19(12-20(14-22)30(32)33)27-25(31)23-9-10-29(28-23)15-34-24-8-5-18(26)11-17(24)2/h3-14H,15H2,1-2H3,(H,27,31). The predicted octanol–water partition coefficient (Wildman–Crippen LogP) is 6.14. The van der Waals surface area contributed by atoms with Gasteiger partial charge in [-0.25, -0.2) is 4.68 Å². The molecule has 178 valence electrons. The van der Waals surface area contributed by atoms with Gasteiger partial charge in [-0.15, -0.1) is 0 Å². The molecule has 0 saturated carbocycles. The molecule has 1 heterocycles. The van der Waals surface area contributed by atoms with Gasteiger partial charge in [-0.1, -0.05) is 29.3 Å². The van der Waals surface area contributed by atoms with Gasteiger partial charge in [0.05, 0.1) is 16.7 Å². The zero-order valence-corrected chi connectivity index (χ0v) is 19.7. The van der Waals surface area contributed by atoms with Crippen LogP contribution >= 0.6 is 11.6 Å². The van der Waals surface area contributed by atoms with E-state index in [9.17, 15) is 14.9 Å². The minimum Gasteiger partial charge on any atom is -0.471 e. The van der Waals surface area contributed by atoms with Crippen molar-refractivity contribution in [2.45, 2.75) is 20.6 Å². The first-order valence-corrected chi connectivity index (χ1v) is 10.9. The van der Waals surface area contributed by atoms with Crippen LogP contribution in [0.5, 0.6) is 17.2 Å². The van der Waals surface area contributed by atoms with Crippen LogP contribution in [-0.4, -0.2) is 20.6 Å². The van der Waals surface area contributed by atoms with Crippen LogP contribution < -0.4 is 14.8 Å².